The molecule has 31 heavy (non-hydrogen) atoms. The zero-order valence-corrected chi connectivity index (χ0v) is 18.3. The van der Waals surface area contributed by atoms with Crippen LogP contribution >= 0.6 is 0 Å². The molecule has 164 valence electrons. The first-order valence-electron chi connectivity index (χ1n) is 9.70. The van der Waals surface area contributed by atoms with Gasteiger partial charge in [-0.25, -0.2) is 8.42 Å². The topological polar surface area (TPSA) is 119 Å². The lowest BCUT2D eigenvalue weighted by Gasteiger charge is -2.18. The molecule has 11 heteroatoms. The highest BCUT2D eigenvalue weighted by atomic mass is 32.2. The first-order chi connectivity index (χ1) is 14.9. The lowest BCUT2D eigenvalue weighted by Crippen LogP contribution is -2.30. The van der Waals surface area contributed by atoms with Crippen LogP contribution in [-0.2, 0) is 16.6 Å². The van der Waals surface area contributed by atoms with Crippen molar-refractivity contribution in [1.82, 2.24) is 29.8 Å². The fraction of sp³-hybridized carbons (Fsp3) is 0.300. The van der Waals surface area contributed by atoms with E-state index >= 15 is 0 Å². The molecule has 0 atom stereocenters. The molecule has 1 N–H and O–H groups in total. The molecule has 0 spiro atoms. The van der Waals surface area contributed by atoms with E-state index in [-0.39, 0.29) is 17.3 Å². The molecule has 0 aliphatic carbocycles. The van der Waals surface area contributed by atoms with Crippen molar-refractivity contribution in [3.05, 3.63) is 59.9 Å². The summed E-state index contributed by atoms with van der Waals surface area (Å²) < 4.78 is 33.1. The Labute approximate surface area is 180 Å². The number of methoxy groups -OCH3 is 1. The number of hydrogen-bond acceptors (Lipinski definition) is 7. The Morgan fingerprint density at radius 1 is 1.06 bits per heavy atom. The second-order valence-corrected chi connectivity index (χ2v) is 8.44. The second-order valence-electron chi connectivity index (χ2n) is 6.50. The van der Waals surface area contributed by atoms with E-state index in [4.69, 9.17) is 4.74 Å². The molecule has 0 aliphatic rings. The number of sulfonamides is 1. The third-order valence-corrected chi connectivity index (χ3v) is 6.78. The molecule has 1 aromatic heterocycles. The van der Waals surface area contributed by atoms with Gasteiger partial charge in [-0.2, -0.15) is 8.99 Å². The van der Waals surface area contributed by atoms with Gasteiger partial charge in [-0.1, -0.05) is 13.8 Å². The number of rotatable bonds is 9. The summed E-state index contributed by atoms with van der Waals surface area (Å²) in [6.45, 7) is 4.41. The highest BCUT2D eigenvalue weighted by Gasteiger charge is 2.21. The van der Waals surface area contributed by atoms with E-state index in [1.165, 1.54) is 33.3 Å². The van der Waals surface area contributed by atoms with E-state index in [0.717, 1.165) is 5.69 Å². The number of amides is 1. The summed E-state index contributed by atoms with van der Waals surface area (Å²) in [6, 6.07) is 13.0. The number of carbonyl (C=O) groups is 1. The van der Waals surface area contributed by atoms with Crippen molar-refractivity contribution in [1.29, 1.82) is 0 Å². The molecule has 0 bridgehead atoms. The van der Waals surface area contributed by atoms with E-state index in [0.29, 0.717) is 30.2 Å². The number of benzene rings is 2. The lowest BCUT2D eigenvalue weighted by molar-refractivity contribution is 0.0949. The SMILES string of the molecule is CCN(CC)S(=O)(=O)c1ccc(C(=O)NCc2nnnn2-c2ccc(OC)cc2)cc1. The summed E-state index contributed by atoms with van der Waals surface area (Å²) in [5, 5.41) is 14.3. The van der Waals surface area contributed by atoms with Crippen LogP contribution in [0.1, 0.15) is 30.0 Å². The molecule has 2 aromatic carbocycles. The van der Waals surface area contributed by atoms with Gasteiger partial charge in [0.1, 0.15) is 5.75 Å². The molecule has 0 saturated heterocycles. The third kappa shape index (κ3) is 4.89. The van der Waals surface area contributed by atoms with E-state index < -0.39 is 10.0 Å². The predicted molar refractivity (Wildman–Crippen MR) is 113 cm³/mol. The highest BCUT2D eigenvalue weighted by molar-refractivity contribution is 7.89. The van der Waals surface area contributed by atoms with Crippen LogP contribution in [0.3, 0.4) is 0 Å². The van der Waals surface area contributed by atoms with Crippen molar-refractivity contribution >= 4 is 15.9 Å². The number of tetrazole rings is 1. The van der Waals surface area contributed by atoms with Gasteiger partial charge in [-0.15, -0.1) is 5.10 Å². The summed E-state index contributed by atoms with van der Waals surface area (Å²) in [6.07, 6.45) is 0. The van der Waals surface area contributed by atoms with Crippen molar-refractivity contribution in [2.24, 2.45) is 0 Å². The van der Waals surface area contributed by atoms with Crippen LogP contribution in [0.5, 0.6) is 5.75 Å². The molecule has 0 aliphatic heterocycles. The second kappa shape index (κ2) is 9.67. The van der Waals surface area contributed by atoms with Gasteiger partial charge in [-0.3, -0.25) is 4.79 Å². The van der Waals surface area contributed by atoms with Crippen molar-refractivity contribution < 1.29 is 17.9 Å². The minimum atomic E-state index is -3.57. The van der Waals surface area contributed by atoms with E-state index in [2.05, 4.69) is 20.8 Å². The Morgan fingerprint density at radius 3 is 2.29 bits per heavy atom. The van der Waals surface area contributed by atoms with Gasteiger partial charge in [0.05, 0.1) is 24.2 Å². The molecule has 10 nitrogen and oxygen atoms in total. The monoisotopic (exact) mass is 444 g/mol. The minimum absolute atomic E-state index is 0.0946. The number of aromatic nitrogens is 4. The van der Waals surface area contributed by atoms with Gasteiger partial charge < -0.3 is 10.1 Å². The number of nitrogens with zero attached hydrogens (tertiary/aromatic N) is 5. The normalized spacial score (nSPS) is 11.5. The van der Waals surface area contributed by atoms with E-state index in [1.807, 2.05) is 0 Å². The fourth-order valence-electron chi connectivity index (χ4n) is 2.99. The molecule has 1 heterocycles. The fourth-order valence-corrected chi connectivity index (χ4v) is 4.45. The summed E-state index contributed by atoms with van der Waals surface area (Å²) in [7, 11) is -1.99. The van der Waals surface area contributed by atoms with Crippen LogP contribution < -0.4 is 10.1 Å². The Hall–Kier alpha value is -3.31. The summed E-state index contributed by atoms with van der Waals surface area (Å²) >= 11 is 0. The van der Waals surface area contributed by atoms with Gasteiger partial charge in [0.2, 0.25) is 10.0 Å². The molecular weight excluding hydrogens is 420 g/mol. The third-order valence-electron chi connectivity index (χ3n) is 4.72. The number of ether oxygens (including phenoxy) is 1. The predicted octanol–water partition coefficient (Wildman–Crippen LogP) is 1.63. The van der Waals surface area contributed by atoms with Crippen molar-refractivity contribution in [3.8, 4) is 11.4 Å². The van der Waals surface area contributed by atoms with Crippen LogP contribution in [0.25, 0.3) is 5.69 Å². The molecule has 0 radical (unpaired) electrons. The average molecular weight is 445 g/mol. The molecule has 0 saturated carbocycles. The summed E-state index contributed by atoms with van der Waals surface area (Å²) in [4.78, 5) is 12.7. The Morgan fingerprint density at radius 2 is 1.71 bits per heavy atom. The van der Waals surface area contributed by atoms with Crippen molar-refractivity contribution in [3.63, 3.8) is 0 Å². The maximum atomic E-state index is 12.6. The first kappa shape index (κ1) is 22.4. The number of hydrogen-bond donors (Lipinski definition) is 1. The van der Waals surface area contributed by atoms with Gasteiger partial charge in [0.15, 0.2) is 5.82 Å². The van der Waals surface area contributed by atoms with Crippen LogP contribution in [0.15, 0.2) is 53.4 Å². The molecule has 3 rings (SSSR count). The quantitative estimate of drug-likeness (QED) is 0.533. The summed E-state index contributed by atoms with van der Waals surface area (Å²) in [5.41, 5.74) is 1.06. The highest BCUT2D eigenvalue weighted by Crippen LogP contribution is 2.17. The molecule has 0 unspecified atom stereocenters. The van der Waals surface area contributed by atoms with E-state index in [1.54, 1.807) is 45.2 Å². The maximum Gasteiger partial charge on any atom is 0.251 e. The van der Waals surface area contributed by atoms with Gasteiger partial charge >= 0.3 is 0 Å². The Balaban J connectivity index is 1.69. The Bertz CT molecular complexity index is 1120. The number of carbonyl (C=O) groups excluding carboxylic acids is 1. The standard InChI is InChI=1S/C20H24N6O4S/c1-4-25(5-2)31(28,29)18-12-6-15(7-13-18)20(27)21-14-19-22-23-24-26(19)16-8-10-17(30-3)11-9-16/h6-13H,4-5,14H2,1-3H3,(H,21,27). The minimum Gasteiger partial charge on any atom is -0.497 e. The van der Waals surface area contributed by atoms with Crippen LogP contribution in [0.4, 0.5) is 0 Å². The van der Waals surface area contributed by atoms with Gasteiger partial charge in [-0.05, 0) is 59.0 Å². The maximum absolute atomic E-state index is 12.6. The van der Waals surface area contributed by atoms with Gasteiger partial charge in [0, 0.05) is 18.7 Å². The van der Waals surface area contributed by atoms with Crippen LogP contribution in [0.2, 0.25) is 0 Å². The lowest BCUT2D eigenvalue weighted by atomic mass is 10.2. The first-order valence-corrected chi connectivity index (χ1v) is 11.1. The van der Waals surface area contributed by atoms with Crippen LogP contribution in [0, 0.1) is 0 Å². The van der Waals surface area contributed by atoms with Crippen molar-refractivity contribution in [2.75, 3.05) is 20.2 Å². The zero-order chi connectivity index (χ0) is 22.4. The zero-order valence-electron chi connectivity index (χ0n) is 17.5. The number of nitrogens with one attached hydrogen (secondary N) is 1. The van der Waals surface area contributed by atoms with Crippen LogP contribution in [-0.4, -0.2) is 59.0 Å². The molecule has 0 fully saturated rings. The summed E-state index contributed by atoms with van der Waals surface area (Å²) in [5.74, 6) is 0.786. The van der Waals surface area contributed by atoms with Crippen molar-refractivity contribution in [2.45, 2.75) is 25.3 Å². The average Bonchev–Trinajstić information content (AvgIpc) is 3.27. The van der Waals surface area contributed by atoms with Gasteiger partial charge in [0.25, 0.3) is 5.91 Å². The smallest absolute Gasteiger partial charge is 0.251 e. The van der Waals surface area contributed by atoms with E-state index in [9.17, 15) is 13.2 Å². The molecule has 3 aromatic rings. The Kier molecular flexibility index (Phi) is 6.98. The molecule has 1 amide bonds. The molecular formula is C20H24N6O4S. The largest absolute Gasteiger partial charge is 0.497 e.